The number of Topliss-reactive ketones (excluding diaryl/α,β-unsaturated/α-hetero) is 1. The molecule has 0 N–H and O–H groups in total. The fourth-order valence-electron chi connectivity index (χ4n) is 3.01. The van der Waals surface area contributed by atoms with E-state index in [2.05, 4.69) is 22.0 Å². The van der Waals surface area contributed by atoms with Crippen LogP contribution in [0.2, 0.25) is 0 Å². The molecule has 0 unspecified atom stereocenters. The van der Waals surface area contributed by atoms with Crippen molar-refractivity contribution in [1.82, 2.24) is 0 Å². The van der Waals surface area contributed by atoms with Crippen molar-refractivity contribution < 1.29 is 9.53 Å². The van der Waals surface area contributed by atoms with Crippen molar-refractivity contribution >= 4 is 33.5 Å². The van der Waals surface area contributed by atoms with Crippen molar-refractivity contribution in [2.45, 2.75) is 43.8 Å². The van der Waals surface area contributed by atoms with Crippen LogP contribution in [0.3, 0.4) is 0 Å². The van der Waals surface area contributed by atoms with Crippen LogP contribution in [-0.4, -0.2) is 23.4 Å². The van der Waals surface area contributed by atoms with Crippen LogP contribution in [0.1, 0.15) is 36.8 Å². The highest BCUT2D eigenvalue weighted by Gasteiger charge is 2.21. The summed E-state index contributed by atoms with van der Waals surface area (Å²) < 4.78 is 6.73. The van der Waals surface area contributed by atoms with E-state index < -0.39 is 0 Å². The molecule has 0 saturated heterocycles. The standard InChI is InChI=1S/C16H19BrO2S/c17-13-7-11-5-6-19-16(11)12(8-13)9-14(18)10-20-15-3-1-2-4-15/h7-8,15H,1-6,9-10H2. The van der Waals surface area contributed by atoms with E-state index in [4.69, 9.17) is 4.74 Å². The zero-order valence-corrected chi connectivity index (χ0v) is 13.9. The van der Waals surface area contributed by atoms with E-state index >= 15 is 0 Å². The lowest BCUT2D eigenvalue weighted by molar-refractivity contribution is -0.116. The van der Waals surface area contributed by atoms with Gasteiger partial charge >= 0.3 is 0 Å². The molecule has 20 heavy (non-hydrogen) atoms. The predicted octanol–water partition coefficient (Wildman–Crippen LogP) is 4.17. The van der Waals surface area contributed by atoms with Gasteiger partial charge in [-0.15, -0.1) is 0 Å². The van der Waals surface area contributed by atoms with E-state index in [9.17, 15) is 4.79 Å². The van der Waals surface area contributed by atoms with Crippen LogP contribution < -0.4 is 4.74 Å². The molecule has 1 aromatic rings. The number of thioether (sulfide) groups is 1. The highest BCUT2D eigenvalue weighted by Crippen LogP contribution is 2.34. The highest BCUT2D eigenvalue weighted by molar-refractivity contribution is 9.10. The van der Waals surface area contributed by atoms with Gasteiger partial charge in [0.05, 0.1) is 12.4 Å². The topological polar surface area (TPSA) is 26.3 Å². The molecule has 1 saturated carbocycles. The van der Waals surface area contributed by atoms with Crippen LogP contribution in [0.4, 0.5) is 0 Å². The van der Waals surface area contributed by atoms with Gasteiger partial charge in [0.1, 0.15) is 11.5 Å². The van der Waals surface area contributed by atoms with Gasteiger partial charge in [0, 0.05) is 28.1 Å². The monoisotopic (exact) mass is 354 g/mol. The molecule has 2 nitrogen and oxygen atoms in total. The van der Waals surface area contributed by atoms with Crippen molar-refractivity contribution in [3.63, 3.8) is 0 Å². The Hall–Kier alpha value is -0.480. The maximum atomic E-state index is 12.2. The summed E-state index contributed by atoms with van der Waals surface area (Å²) in [5, 5.41) is 0.712. The smallest absolute Gasteiger partial charge is 0.147 e. The number of benzene rings is 1. The Kier molecular flexibility index (Phi) is 4.72. The predicted molar refractivity (Wildman–Crippen MR) is 86.8 cm³/mol. The summed E-state index contributed by atoms with van der Waals surface area (Å²) in [6.45, 7) is 0.740. The van der Waals surface area contributed by atoms with E-state index in [0.29, 0.717) is 23.2 Å². The van der Waals surface area contributed by atoms with E-state index in [0.717, 1.165) is 28.8 Å². The number of halogens is 1. The molecule has 0 bridgehead atoms. The Balaban J connectivity index is 1.61. The third kappa shape index (κ3) is 3.40. The van der Waals surface area contributed by atoms with Crippen molar-refractivity contribution in [1.29, 1.82) is 0 Å². The van der Waals surface area contributed by atoms with Gasteiger partial charge < -0.3 is 4.74 Å². The number of carbonyl (C=O) groups is 1. The Bertz CT molecular complexity index is 509. The number of ether oxygens (including phenoxy) is 1. The van der Waals surface area contributed by atoms with E-state index in [1.807, 2.05) is 17.8 Å². The zero-order chi connectivity index (χ0) is 13.9. The molecule has 1 aromatic carbocycles. The first-order chi connectivity index (χ1) is 9.72. The first-order valence-corrected chi connectivity index (χ1v) is 9.14. The summed E-state index contributed by atoms with van der Waals surface area (Å²) in [7, 11) is 0. The van der Waals surface area contributed by atoms with Crippen LogP contribution in [-0.2, 0) is 17.6 Å². The maximum absolute atomic E-state index is 12.2. The number of carbonyl (C=O) groups excluding carboxylic acids is 1. The minimum absolute atomic E-state index is 0.317. The molecule has 0 amide bonds. The van der Waals surface area contributed by atoms with Gasteiger partial charge in [-0.1, -0.05) is 28.8 Å². The average molecular weight is 355 g/mol. The normalized spacial score (nSPS) is 18.1. The second-order valence-corrected chi connectivity index (χ2v) is 7.79. The molecule has 3 rings (SSSR count). The first kappa shape index (κ1) is 14.5. The Morgan fingerprint density at radius 3 is 2.95 bits per heavy atom. The Morgan fingerprint density at radius 1 is 1.35 bits per heavy atom. The second kappa shape index (κ2) is 6.52. The molecule has 108 valence electrons. The molecule has 0 radical (unpaired) electrons. The maximum Gasteiger partial charge on any atom is 0.147 e. The van der Waals surface area contributed by atoms with Gasteiger partial charge in [-0.2, -0.15) is 11.8 Å². The van der Waals surface area contributed by atoms with Crippen molar-refractivity contribution in [3.8, 4) is 5.75 Å². The van der Waals surface area contributed by atoms with Gasteiger partial charge in [-0.3, -0.25) is 4.79 Å². The second-order valence-electron chi connectivity index (χ2n) is 5.58. The number of fused-ring (bicyclic) bond motifs is 1. The molecule has 1 aliphatic carbocycles. The van der Waals surface area contributed by atoms with Crippen LogP contribution in [0, 0.1) is 0 Å². The van der Waals surface area contributed by atoms with Crippen LogP contribution >= 0.6 is 27.7 Å². The van der Waals surface area contributed by atoms with Gasteiger partial charge in [0.25, 0.3) is 0 Å². The van der Waals surface area contributed by atoms with Gasteiger partial charge in [-0.05, 0) is 30.5 Å². The number of ketones is 1. The lowest BCUT2D eigenvalue weighted by atomic mass is 10.0. The summed E-state index contributed by atoms with van der Waals surface area (Å²) in [5.41, 5.74) is 2.27. The van der Waals surface area contributed by atoms with Crippen LogP contribution in [0.15, 0.2) is 16.6 Å². The minimum atomic E-state index is 0.317. The molecule has 1 heterocycles. The number of hydrogen-bond acceptors (Lipinski definition) is 3. The SMILES string of the molecule is O=C(CSC1CCCC1)Cc1cc(Br)cc2c1OCC2. The number of hydrogen-bond donors (Lipinski definition) is 0. The van der Waals surface area contributed by atoms with Crippen molar-refractivity contribution in [2.75, 3.05) is 12.4 Å². The molecule has 1 aliphatic heterocycles. The molecule has 2 aliphatic rings. The molecule has 4 heteroatoms. The summed E-state index contributed by atoms with van der Waals surface area (Å²) >= 11 is 5.37. The third-order valence-electron chi connectivity index (χ3n) is 4.00. The number of rotatable bonds is 5. The van der Waals surface area contributed by atoms with E-state index in [1.165, 1.54) is 31.2 Å². The first-order valence-electron chi connectivity index (χ1n) is 7.30. The van der Waals surface area contributed by atoms with Crippen molar-refractivity contribution in [2.24, 2.45) is 0 Å². The third-order valence-corrected chi connectivity index (χ3v) is 5.88. The summed E-state index contributed by atoms with van der Waals surface area (Å²) in [6.07, 6.45) is 6.69. The minimum Gasteiger partial charge on any atom is -0.493 e. The summed E-state index contributed by atoms with van der Waals surface area (Å²) in [4.78, 5) is 12.2. The molecule has 1 fully saturated rings. The quantitative estimate of drug-likeness (QED) is 0.793. The Morgan fingerprint density at radius 2 is 2.15 bits per heavy atom. The Labute approximate surface area is 132 Å². The van der Waals surface area contributed by atoms with Gasteiger partial charge in [-0.25, -0.2) is 0 Å². The summed E-state index contributed by atoms with van der Waals surface area (Å²) in [5.74, 6) is 1.91. The molecule has 0 spiro atoms. The highest BCUT2D eigenvalue weighted by atomic mass is 79.9. The van der Waals surface area contributed by atoms with Crippen LogP contribution in [0.25, 0.3) is 0 Å². The van der Waals surface area contributed by atoms with E-state index in [-0.39, 0.29) is 0 Å². The molecular formula is C16H19BrO2S. The lowest BCUT2D eigenvalue weighted by Crippen LogP contribution is -2.09. The average Bonchev–Trinajstić information content (AvgIpc) is 3.06. The molecular weight excluding hydrogens is 336 g/mol. The van der Waals surface area contributed by atoms with Crippen molar-refractivity contribution in [3.05, 3.63) is 27.7 Å². The summed E-state index contributed by atoms with van der Waals surface area (Å²) in [6, 6.07) is 4.13. The van der Waals surface area contributed by atoms with Gasteiger partial charge in [0.2, 0.25) is 0 Å². The van der Waals surface area contributed by atoms with E-state index in [1.54, 1.807) is 0 Å². The lowest BCUT2D eigenvalue weighted by Gasteiger charge is -2.10. The fraction of sp³-hybridized carbons (Fsp3) is 0.562. The molecule has 0 atom stereocenters. The van der Waals surface area contributed by atoms with Gasteiger partial charge in [0.15, 0.2) is 0 Å². The largest absolute Gasteiger partial charge is 0.493 e. The fourth-order valence-corrected chi connectivity index (χ4v) is 4.75. The zero-order valence-electron chi connectivity index (χ0n) is 11.5. The molecule has 0 aromatic heterocycles. The van der Waals surface area contributed by atoms with Crippen LogP contribution in [0.5, 0.6) is 5.75 Å².